The largest absolute Gasteiger partial charge is 0.345 e. The van der Waals surface area contributed by atoms with E-state index in [1.54, 1.807) is 40.6 Å². The number of nitro benzene ring substituents is 1. The molecule has 0 N–H and O–H groups in total. The molecule has 1 amide bonds. The lowest BCUT2D eigenvalue weighted by molar-refractivity contribution is -0.384. The number of rotatable bonds is 4. The molecular formula is C16H16N4O3S. The molecule has 3 rings (SSSR count). The summed E-state index contributed by atoms with van der Waals surface area (Å²) in [6, 6.07) is 6.11. The van der Waals surface area contributed by atoms with Crippen LogP contribution in [0.1, 0.15) is 5.56 Å². The molecule has 0 bridgehead atoms. The average Bonchev–Trinajstić information content (AvgIpc) is 3.15. The molecule has 0 unspecified atom stereocenters. The Morgan fingerprint density at radius 2 is 1.92 bits per heavy atom. The number of nitro groups is 1. The Morgan fingerprint density at radius 1 is 1.21 bits per heavy atom. The van der Waals surface area contributed by atoms with E-state index in [0.717, 1.165) is 23.8 Å². The number of piperazine rings is 1. The van der Waals surface area contributed by atoms with Gasteiger partial charge in [0.25, 0.3) is 5.69 Å². The Labute approximate surface area is 143 Å². The molecule has 0 spiro atoms. The lowest BCUT2D eigenvalue weighted by Gasteiger charge is -2.34. The number of anilines is 1. The van der Waals surface area contributed by atoms with Crippen LogP contribution in [0, 0.1) is 10.1 Å². The number of benzene rings is 1. The van der Waals surface area contributed by atoms with Crippen LogP contribution in [0.2, 0.25) is 0 Å². The minimum absolute atomic E-state index is 0.0387. The molecule has 1 aliphatic rings. The summed E-state index contributed by atoms with van der Waals surface area (Å²) in [6.07, 6.45) is 4.98. The lowest BCUT2D eigenvalue weighted by atomic mass is 10.2. The van der Waals surface area contributed by atoms with Crippen molar-refractivity contribution in [3.63, 3.8) is 0 Å². The molecule has 24 heavy (non-hydrogen) atoms. The van der Waals surface area contributed by atoms with Gasteiger partial charge in [-0.1, -0.05) is 0 Å². The SMILES string of the molecule is O=C(/C=C/c1ccc([N+](=O)[O-])cc1)N1CCN(c2nccs2)CC1. The van der Waals surface area contributed by atoms with E-state index in [2.05, 4.69) is 9.88 Å². The van der Waals surface area contributed by atoms with Crippen molar-refractivity contribution in [2.24, 2.45) is 0 Å². The molecule has 1 fully saturated rings. The Kier molecular flexibility index (Phi) is 4.85. The summed E-state index contributed by atoms with van der Waals surface area (Å²) in [5.74, 6) is -0.0489. The van der Waals surface area contributed by atoms with Crippen molar-refractivity contribution in [1.29, 1.82) is 0 Å². The summed E-state index contributed by atoms with van der Waals surface area (Å²) < 4.78 is 0. The van der Waals surface area contributed by atoms with Crippen LogP contribution in [-0.4, -0.2) is 46.9 Å². The van der Waals surface area contributed by atoms with Gasteiger partial charge >= 0.3 is 0 Å². The zero-order chi connectivity index (χ0) is 16.9. The molecule has 1 aliphatic heterocycles. The summed E-state index contributed by atoms with van der Waals surface area (Å²) >= 11 is 1.60. The first-order valence-corrected chi connectivity index (χ1v) is 8.37. The number of carbonyl (C=O) groups is 1. The zero-order valence-corrected chi connectivity index (χ0v) is 13.7. The van der Waals surface area contributed by atoms with Gasteiger partial charge in [0.2, 0.25) is 5.91 Å². The van der Waals surface area contributed by atoms with E-state index in [-0.39, 0.29) is 11.6 Å². The molecule has 7 nitrogen and oxygen atoms in total. The van der Waals surface area contributed by atoms with Gasteiger partial charge in [-0.25, -0.2) is 4.98 Å². The third-order valence-corrected chi connectivity index (χ3v) is 4.64. The molecule has 2 heterocycles. The van der Waals surface area contributed by atoms with E-state index in [1.165, 1.54) is 18.2 Å². The first-order chi connectivity index (χ1) is 11.6. The average molecular weight is 344 g/mol. The number of hydrogen-bond donors (Lipinski definition) is 0. The molecule has 1 aromatic carbocycles. The molecule has 0 saturated carbocycles. The van der Waals surface area contributed by atoms with Crippen molar-refractivity contribution in [2.75, 3.05) is 31.1 Å². The van der Waals surface area contributed by atoms with Crippen LogP contribution in [0.5, 0.6) is 0 Å². The summed E-state index contributed by atoms with van der Waals surface area (Å²) in [7, 11) is 0. The Balaban J connectivity index is 1.54. The fourth-order valence-corrected chi connectivity index (χ4v) is 3.17. The molecule has 0 aliphatic carbocycles. The van der Waals surface area contributed by atoms with Gasteiger partial charge in [0.1, 0.15) is 0 Å². The first-order valence-electron chi connectivity index (χ1n) is 7.49. The van der Waals surface area contributed by atoms with E-state index in [4.69, 9.17) is 0 Å². The normalized spacial score (nSPS) is 15.0. The van der Waals surface area contributed by atoms with Crippen molar-refractivity contribution >= 4 is 34.1 Å². The standard InChI is InChI=1S/C16H16N4O3S/c21-15(6-3-13-1-4-14(5-2-13)20(22)23)18-8-10-19(11-9-18)16-17-7-12-24-16/h1-7,12H,8-11H2/b6-3+. The van der Waals surface area contributed by atoms with Crippen LogP contribution >= 0.6 is 11.3 Å². The molecule has 8 heteroatoms. The monoisotopic (exact) mass is 344 g/mol. The van der Waals surface area contributed by atoms with Gasteiger partial charge in [0.15, 0.2) is 5.13 Å². The quantitative estimate of drug-likeness (QED) is 0.483. The molecule has 2 aromatic rings. The van der Waals surface area contributed by atoms with Crippen LogP contribution in [0.3, 0.4) is 0 Å². The van der Waals surface area contributed by atoms with Crippen molar-refractivity contribution < 1.29 is 9.72 Å². The molecule has 124 valence electrons. The van der Waals surface area contributed by atoms with Gasteiger partial charge in [0.05, 0.1) is 4.92 Å². The van der Waals surface area contributed by atoms with E-state index in [0.29, 0.717) is 13.1 Å². The predicted octanol–water partition coefficient (Wildman–Crippen LogP) is 2.41. The third kappa shape index (κ3) is 3.77. The van der Waals surface area contributed by atoms with E-state index in [1.807, 2.05) is 5.38 Å². The number of aromatic nitrogens is 1. The number of non-ortho nitro benzene ring substituents is 1. The van der Waals surface area contributed by atoms with Crippen molar-refractivity contribution in [2.45, 2.75) is 0 Å². The zero-order valence-electron chi connectivity index (χ0n) is 12.9. The molecule has 1 saturated heterocycles. The first kappa shape index (κ1) is 16.1. The second-order valence-electron chi connectivity index (χ2n) is 5.31. The van der Waals surface area contributed by atoms with Gasteiger partial charge in [-0.05, 0) is 23.8 Å². The number of amides is 1. The second-order valence-corrected chi connectivity index (χ2v) is 6.18. The summed E-state index contributed by atoms with van der Waals surface area (Å²) in [6.45, 7) is 2.85. The van der Waals surface area contributed by atoms with Crippen molar-refractivity contribution in [3.05, 3.63) is 57.6 Å². The Bertz CT molecular complexity index is 735. The van der Waals surface area contributed by atoms with Gasteiger partial charge < -0.3 is 9.80 Å². The lowest BCUT2D eigenvalue weighted by Crippen LogP contribution is -2.48. The van der Waals surface area contributed by atoms with Crippen LogP contribution < -0.4 is 4.90 Å². The van der Waals surface area contributed by atoms with Crippen LogP contribution in [0.25, 0.3) is 6.08 Å². The smallest absolute Gasteiger partial charge is 0.269 e. The van der Waals surface area contributed by atoms with Gasteiger partial charge in [-0.15, -0.1) is 11.3 Å². The van der Waals surface area contributed by atoms with Gasteiger partial charge in [-0.3, -0.25) is 14.9 Å². The molecular weight excluding hydrogens is 328 g/mol. The molecule has 1 aromatic heterocycles. The highest BCUT2D eigenvalue weighted by molar-refractivity contribution is 7.13. The van der Waals surface area contributed by atoms with Crippen molar-refractivity contribution in [3.8, 4) is 0 Å². The predicted molar refractivity (Wildman–Crippen MR) is 93.0 cm³/mol. The molecule has 0 atom stereocenters. The second kappa shape index (κ2) is 7.22. The van der Waals surface area contributed by atoms with Gasteiger partial charge in [-0.2, -0.15) is 0 Å². The van der Waals surface area contributed by atoms with Crippen LogP contribution in [0.4, 0.5) is 10.8 Å². The van der Waals surface area contributed by atoms with Crippen LogP contribution in [-0.2, 0) is 4.79 Å². The summed E-state index contributed by atoms with van der Waals surface area (Å²) in [5, 5.41) is 13.5. The number of hydrogen-bond acceptors (Lipinski definition) is 6. The Hall–Kier alpha value is -2.74. The minimum Gasteiger partial charge on any atom is -0.345 e. The topological polar surface area (TPSA) is 79.6 Å². The van der Waals surface area contributed by atoms with Crippen molar-refractivity contribution in [1.82, 2.24) is 9.88 Å². The van der Waals surface area contributed by atoms with Crippen LogP contribution in [0.15, 0.2) is 41.9 Å². The summed E-state index contributed by atoms with van der Waals surface area (Å²) in [5.41, 5.74) is 0.798. The highest BCUT2D eigenvalue weighted by atomic mass is 32.1. The van der Waals surface area contributed by atoms with E-state index in [9.17, 15) is 14.9 Å². The maximum atomic E-state index is 12.2. The van der Waals surface area contributed by atoms with Gasteiger partial charge in [0, 0.05) is 56.0 Å². The number of carbonyl (C=O) groups excluding carboxylic acids is 1. The minimum atomic E-state index is -0.444. The number of nitrogens with zero attached hydrogens (tertiary/aromatic N) is 4. The highest BCUT2D eigenvalue weighted by Crippen LogP contribution is 2.19. The molecule has 0 radical (unpaired) electrons. The van der Waals surface area contributed by atoms with E-state index >= 15 is 0 Å². The maximum absolute atomic E-state index is 12.2. The van der Waals surface area contributed by atoms with E-state index < -0.39 is 4.92 Å². The summed E-state index contributed by atoms with van der Waals surface area (Å²) in [4.78, 5) is 30.7. The fraction of sp³-hybridized carbons (Fsp3) is 0.250. The number of thiazole rings is 1. The Morgan fingerprint density at radius 3 is 2.50 bits per heavy atom. The maximum Gasteiger partial charge on any atom is 0.269 e. The fourth-order valence-electron chi connectivity index (χ4n) is 2.47. The third-order valence-electron chi connectivity index (χ3n) is 3.80. The highest BCUT2D eigenvalue weighted by Gasteiger charge is 2.20.